The van der Waals surface area contributed by atoms with Gasteiger partial charge in [-0.25, -0.2) is 4.98 Å². The van der Waals surface area contributed by atoms with Gasteiger partial charge in [0, 0.05) is 50.1 Å². The van der Waals surface area contributed by atoms with E-state index in [0.29, 0.717) is 26.1 Å². The van der Waals surface area contributed by atoms with Crippen LogP contribution in [0.15, 0.2) is 36.8 Å². The van der Waals surface area contributed by atoms with E-state index in [2.05, 4.69) is 20.2 Å². The monoisotopic (exact) mass is 369 g/mol. The number of fused-ring (bicyclic) bond motifs is 1. The first-order chi connectivity index (χ1) is 13.2. The van der Waals surface area contributed by atoms with Crippen molar-refractivity contribution in [3.05, 3.63) is 48.0 Å². The first kappa shape index (κ1) is 17.5. The van der Waals surface area contributed by atoms with E-state index < -0.39 is 12.1 Å². The highest BCUT2D eigenvalue weighted by molar-refractivity contribution is 5.97. The first-order valence-electron chi connectivity index (χ1n) is 9.08. The molecule has 1 aromatic carbocycles. The van der Waals surface area contributed by atoms with Crippen molar-refractivity contribution in [3.63, 3.8) is 0 Å². The highest BCUT2D eigenvalue weighted by Crippen LogP contribution is 2.23. The number of para-hydroxylation sites is 1. The minimum Gasteiger partial charge on any atom is -0.496 e. The molecule has 0 bridgehead atoms. The molecular weight excluding hydrogens is 346 g/mol. The number of methoxy groups -OCH3 is 1. The average Bonchev–Trinajstić information content (AvgIpc) is 3.19. The molecule has 8 nitrogen and oxygen atoms in total. The van der Waals surface area contributed by atoms with E-state index in [1.165, 1.54) is 0 Å². The number of carbonyl (C=O) groups excluding carboxylic acids is 2. The highest BCUT2D eigenvalue weighted by atomic mass is 16.5. The number of aromatic amines is 1. The minimum absolute atomic E-state index is 0.0221. The van der Waals surface area contributed by atoms with Gasteiger partial charge in [-0.3, -0.25) is 14.5 Å². The molecule has 0 spiro atoms. The number of hydrogen-bond donors (Lipinski definition) is 2. The van der Waals surface area contributed by atoms with E-state index in [4.69, 9.17) is 4.74 Å². The Hall–Kier alpha value is -2.87. The largest absolute Gasteiger partial charge is 0.496 e. The molecule has 2 amide bonds. The molecule has 2 saturated heterocycles. The summed E-state index contributed by atoms with van der Waals surface area (Å²) in [5, 5.41) is 2.88. The topological polar surface area (TPSA) is 90.6 Å². The van der Waals surface area contributed by atoms with Crippen LogP contribution < -0.4 is 10.1 Å². The Labute approximate surface area is 157 Å². The molecule has 1 aromatic heterocycles. The molecule has 2 aliphatic rings. The van der Waals surface area contributed by atoms with Crippen molar-refractivity contribution < 1.29 is 14.3 Å². The third-order valence-electron chi connectivity index (χ3n) is 5.23. The second-order valence-corrected chi connectivity index (χ2v) is 6.94. The van der Waals surface area contributed by atoms with Gasteiger partial charge in [-0.15, -0.1) is 0 Å². The predicted molar refractivity (Wildman–Crippen MR) is 98.0 cm³/mol. The van der Waals surface area contributed by atoms with Crippen molar-refractivity contribution in [2.45, 2.75) is 25.0 Å². The van der Waals surface area contributed by atoms with Gasteiger partial charge in [-0.2, -0.15) is 0 Å². The molecule has 0 aliphatic carbocycles. The van der Waals surface area contributed by atoms with E-state index >= 15 is 0 Å². The lowest BCUT2D eigenvalue weighted by Crippen LogP contribution is -2.69. The number of nitrogens with one attached hydrogen (secondary N) is 2. The van der Waals surface area contributed by atoms with Crippen molar-refractivity contribution in [2.75, 3.05) is 26.7 Å². The van der Waals surface area contributed by atoms with Crippen molar-refractivity contribution in [2.24, 2.45) is 0 Å². The maximum atomic E-state index is 12.8. The van der Waals surface area contributed by atoms with Crippen molar-refractivity contribution in [1.29, 1.82) is 0 Å². The summed E-state index contributed by atoms with van der Waals surface area (Å²) in [4.78, 5) is 36.4. The van der Waals surface area contributed by atoms with E-state index in [1.54, 1.807) is 24.5 Å². The zero-order valence-electron chi connectivity index (χ0n) is 15.2. The Morgan fingerprint density at radius 3 is 2.89 bits per heavy atom. The average molecular weight is 369 g/mol. The molecule has 4 rings (SSSR count). The van der Waals surface area contributed by atoms with E-state index in [-0.39, 0.29) is 11.8 Å². The molecule has 27 heavy (non-hydrogen) atoms. The molecule has 142 valence electrons. The summed E-state index contributed by atoms with van der Waals surface area (Å²) in [6.45, 7) is 2.48. The third kappa shape index (κ3) is 3.52. The van der Waals surface area contributed by atoms with Crippen molar-refractivity contribution in [3.8, 4) is 5.75 Å². The number of benzene rings is 1. The number of H-pyrrole nitrogens is 1. The van der Waals surface area contributed by atoms with Crippen LogP contribution in [-0.2, 0) is 22.6 Å². The van der Waals surface area contributed by atoms with E-state index in [0.717, 1.165) is 23.6 Å². The van der Waals surface area contributed by atoms with Crippen LogP contribution in [0.2, 0.25) is 0 Å². The quantitative estimate of drug-likeness (QED) is 0.784. The fourth-order valence-electron chi connectivity index (χ4n) is 3.83. The SMILES string of the molecule is COc1ccccc1CN1CCN2C(=O)[C@H](Cc3cnc[nH]3)NC(=O)[C@H]2C1. The Balaban J connectivity index is 1.43. The number of ether oxygens (including phenoxy) is 1. The molecule has 2 N–H and O–H groups in total. The van der Waals surface area contributed by atoms with Gasteiger partial charge in [-0.05, 0) is 6.07 Å². The summed E-state index contributed by atoms with van der Waals surface area (Å²) in [5.74, 6) is 0.721. The molecule has 0 saturated carbocycles. The van der Waals surface area contributed by atoms with Crippen LogP contribution in [0.25, 0.3) is 0 Å². The fraction of sp³-hybridized carbons (Fsp3) is 0.421. The maximum Gasteiger partial charge on any atom is 0.246 e. The van der Waals surface area contributed by atoms with Crippen LogP contribution in [-0.4, -0.2) is 70.4 Å². The number of rotatable bonds is 5. The molecule has 8 heteroatoms. The zero-order valence-corrected chi connectivity index (χ0v) is 15.2. The Kier molecular flexibility index (Phi) is 4.81. The predicted octanol–water partition coefficient (Wildman–Crippen LogP) is 0.172. The molecule has 2 aliphatic heterocycles. The van der Waals surface area contributed by atoms with Gasteiger partial charge in [0.2, 0.25) is 11.8 Å². The second kappa shape index (κ2) is 7.40. The number of piperazine rings is 2. The summed E-state index contributed by atoms with van der Waals surface area (Å²) in [6, 6.07) is 6.90. The number of hydrogen-bond acceptors (Lipinski definition) is 5. The molecular formula is C19H23N5O3. The van der Waals surface area contributed by atoms with Gasteiger partial charge in [-0.1, -0.05) is 18.2 Å². The standard InChI is InChI=1S/C19H23N5O3/c1-27-17-5-3-2-4-13(17)10-23-6-7-24-16(11-23)18(25)22-15(19(24)26)8-14-9-20-12-21-14/h2-5,9,12,15-16H,6-8,10-11H2,1H3,(H,20,21)(H,22,25)/t15-,16+/m0/s1. The van der Waals surface area contributed by atoms with Gasteiger partial charge < -0.3 is 19.9 Å². The molecule has 0 unspecified atom stereocenters. The van der Waals surface area contributed by atoms with E-state index in [1.807, 2.05) is 24.3 Å². The van der Waals surface area contributed by atoms with Crippen LogP contribution in [0.3, 0.4) is 0 Å². The zero-order chi connectivity index (χ0) is 18.8. The van der Waals surface area contributed by atoms with Crippen molar-refractivity contribution in [1.82, 2.24) is 25.1 Å². The van der Waals surface area contributed by atoms with Gasteiger partial charge in [0.15, 0.2) is 0 Å². The normalized spacial score (nSPS) is 23.1. The Bertz CT molecular complexity index is 823. The second-order valence-electron chi connectivity index (χ2n) is 6.94. The van der Waals surface area contributed by atoms with Crippen LogP contribution in [0.5, 0.6) is 5.75 Å². The van der Waals surface area contributed by atoms with Crippen LogP contribution >= 0.6 is 0 Å². The van der Waals surface area contributed by atoms with Gasteiger partial charge in [0.05, 0.1) is 13.4 Å². The van der Waals surface area contributed by atoms with Crippen LogP contribution in [0, 0.1) is 0 Å². The summed E-state index contributed by atoms with van der Waals surface area (Å²) in [6.07, 6.45) is 3.68. The van der Waals surface area contributed by atoms with Crippen LogP contribution in [0.1, 0.15) is 11.3 Å². The molecule has 0 radical (unpaired) electrons. The Morgan fingerprint density at radius 2 is 2.11 bits per heavy atom. The minimum atomic E-state index is -0.532. The molecule has 2 fully saturated rings. The van der Waals surface area contributed by atoms with Gasteiger partial charge >= 0.3 is 0 Å². The number of carbonyl (C=O) groups is 2. The fourth-order valence-corrected chi connectivity index (χ4v) is 3.83. The lowest BCUT2D eigenvalue weighted by atomic mass is 10.0. The summed E-state index contributed by atoms with van der Waals surface area (Å²) >= 11 is 0. The van der Waals surface area contributed by atoms with Gasteiger partial charge in [0.1, 0.15) is 17.8 Å². The highest BCUT2D eigenvalue weighted by Gasteiger charge is 2.43. The van der Waals surface area contributed by atoms with Gasteiger partial charge in [0.25, 0.3) is 0 Å². The maximum absolute atomic E-state index is 12.8. The molecule has 2 atom stereocenters. The summed E-state index contributed by atoms with van der Waals surface area (Å²) in [5.41, 5.74) is 1.91. The van der Waals surface area contributed by atoms with E-state index in [9.17, 15) is 9.59 Å². The van der Waals surface area contributed by atoms with Crippen molar-refractivity contribution >= 4 is 11.8 Å². The Morgan fingerprint density at radius 1 is 1.26 bits per heavy atom. The third-order valence-corrected chi connectivity index (χ3v) is 5.23. The number of amides is 2. The number of aromatic nitrogens is 2. The van der Waals surface area contributed by atoms with Crippen LogP contribution in [0.4, 0.5) is 0 Å². The smallest absolute Gasteiger partial charge is 0.246 e. The first-order valence-corrected chi connectivity index (χ1v) is 9.08. The number of nitrogens with zero attached hydrogens (tertiary/aromatic N) is 3. The number of imidazole rings is 1. The molecule has 2 aromatic rings. The summed E-state index contributed by atoms with van der Waals surface area (Å²) in [7, 11) is 1.66. The summed E-state index contributed by atoms with van der Waals surface area (Å²) < 4.78 is 5.42. The lowest BCUT2D eigenvalue weighted by Gasteiger charge is -2.45. The molecule has 3 heterocycles. The lowest BCUT2D eigenvalue weighted by molar-refractivity contribution is -0.153.